The summed E-state index contributed by atoms with van der Waals surface area (Å²) < 4.78 is 37.9. The van der Waals surface area contributed by atoms with Crippen LogP contribution >= 0.6 is 11.6 Å². The Labute approximate surface area is 139 Å². The maximum atomic E-state index is 12.6. The van der Waals surface area contributed by atoms with E-state index in [2.05, 4.69) is 15.0 Å². The Bertz CT molecular complexity index is 936. The largest absolute Gasteiger partial charge is 0.416 e. The third-order valence-electron chi connectivity index (χ3n) is 3.23. The lowest BCUT2D eigenvalue weighted by molar-refractivity contribution is -0.137. The van der Waals surface area contributed by atoms with Gasteiger partial charge in [-0.3, -0.25) is 9.78 Å². The third-order valence-corrected chi connectivity index (χ3v) is 3.43. The highest BCUT2D eigenvalue weighted by molar-refractivity contribution is 6.30. The van der Waals surface area contributed by atoms with E-state index in [4.69, 9.17) is 11.6 Å². The predicted molar refractivity (Wildman–Crippen MR) is 83.5 cm³/mol. The molecule has 0 unspecified atom stereocenters. The average molecular weight is 352 g/mol. The first kappa shape index (κ1) is 16.2. The van der Waals surface area contributed by atoms with Crippen molar-refractivity contribution in [3.8, 4) is 22.6 Å². The maximum absolute atomic E-state index is 12.6. The number of rotatable bonds is 2. The van der Waals surface area contributed by atoms with Crippen LogP contribution in [0.1, 0.15) is 5.56 Å². The summed E-state index contributed by atoms with van der Waals surface area (Å²) in [5.74, 6) is 0.229. The fourth-order valence-corrected chi connectivity index (χ4v) is 2.29. The van der Waals surface area contributed by atoms with Gasteiger partial charge in [0.1, 0.15) is 5.82 Å². The number of nitrogens with one attached hydrogen (secondary N) is 1. The normalized spacial score (nSPS) is 11.5. The molecule has 8 heteroatoms. The molecule has 122 valence electrons. The SMILES string of the molecule is O=c1cc(-c2ccc(C(F)(F)F)cc2)nc(-c2cncc(Cl)c2)[nH]1. The summed E-state index contributed by atoms with van der Waals surface area (Å²) >= 11 is 5.86. The van der Waals surface area contributed by atoms with E-state index in [1.807, 2.05) is 0 Å². The second-order valence-electron chi connectivity index (χ2n) is 4.95. The fourth-order valence-electron chi connectivity index (χ4n) is 2.11. The number of aromatic amines is 1. The molecule has 24 heavy (non-hydrogen) atoms. The second-order valence-corrected chi connectivity index (χ2v) is 5.38. The number of aromatic nitrogens is 3. The molecule has 0 amide bonds. The summed E-state index contributed by atoms with van der Waals surface area (Å²) in [6.45, 7) is 0. The van der Waals surface area contributed by atoms with Crippen molar-refractivity contribution in [1.29, 1.82) is 0 Å². The third kappa shape index (κ3) is 3.46. The summed E-state index contributed by atoms with van der Waals surface area (Å²) in [4.78, 5) is 22.6. The smallest absolute Gasteiger partial charge is 0.306 e. The summed E-state index contributed by atoms with van der Waals surface area (Å²) in [6, 6.07) is 7.21. The van der Waals surface area contributed by atoms with Gasteiger partial charge in [-0.25, -0.2) is 4.98 Å². The van der Waals surface area contributed by atoms with Crippen LogP contribution < -0.4 is 5.56 Å². The Hall–Kier alpha value is -2.67. The fraction of sp³-hybridized carbons (Fsp3) is 0.0625. The van der Waals surface area contributed by atoms with Gasteiger partial charge >= 0.3 is 6.18 Å². The van der Waals surface area contributed by atoms with Crippen LogP contribution in [0.2, 0.25) is 5.02 Å². The number of hydrogen-bond acceptors (Lipinski definition) is 3. The van der Waals surface area contributed by atoms with Crippen LogP contribution in [0.3, 0.4) is 0 Å². The van der Waals surface area contributed by atoms with Crippen LogP contribution in [-0.4, -0.2) is 15.0 Å². The molecule has 0 saturated carbocycles. The molecule has 4 nitrogen and oxygen atoms in total. The van der Waals surface area contributed by atoms with E-state index in [1.54, 1.807) is 6.07 Å². The van der Waals surface area contributed by atoms with E-state index in [9.17, 15) is 18.0 Å². The van der Waals surface area contributed by atoms with Gasteiger partial charge in [0.05, 0.1) is 16.3 Å². The van der Waals surface area contributed by atoms with E-state index in [0.29, 0.717) is 16.1 Å². The Morgan fingerprint density at radius 1 is 1.00 bits per heavy atom. The standard InChI is InChI=1S/C16H9ClF3N3O/c17-12-5-10(7-21-8-12)15-22-13(6-14(24)23-15)9-1-3-11(4-2-9)16(18,19)20/h1-8H,(H,22,23,24). The van der Waals surface area contributed by atoms with Gasteiger partial charge in [0.25, 0.3) is 5.56 Å². The van der Waals surface area contributed by atoms with E-state index < -0.39 is 17.3 Å². The van der Waals surface area contributed by atoms with Crippen molar-refractivity contribution in [3.05, 3.63) is 69.7 Å². The number of benzene rings is 1. The first-order valence-corrected chi connectivity index (χ1v) is 7.11. The number of H-pyrrole nitrogens is 1. The zero-order valence-corrected chi connectivity index (χ0v) is 12.7. The molecule has 0 spiro atoms. The highest BCUT2D eigenvalue weighted by Gasteiger charge is 2.30. The van der Waals surface area contributed by atoms with Crippen LogP contribution in [0.4, 0.5) is 13.2 Å². The molecule has 0 fully saturated rings. The van der Waals surface area contributed by atoms with E-state index in [1.165, 1.54) is 30.6 Å². The molecule has 1 N–H and O–H groups in total. The molecular weight excluding hydrogens is 343 g/mol. The zero-order chi connectivity index (χ0) is 17.3. The minimum Gasteiger partial charge on any atom is -0.306 e. The summed E-state index contributed by atoms with van der Waals surface area (Å²) in [7, 11) is 0. The van der Waals surface area contributed by atoms with Crippen molar-refractivity contribution in [1.82, 2.24) is 15.0 Å². The minimum absolute atomic E-state index is 0.229. The second kappa shape index (κ2) is 6.09. The molecule has 2 aromatic heterocycles. The number of pyridine rings is 1. The highest BCUT2D eigenvalue weighted by atomic mass is 35.5. The van der Waals surface area contributed by atoms with Gasteiger partial charge in [-0.1, -0.05) is 23.7 Å². The molecule has 1 aromatic carbocycles. The Balaban J connectivity index is 2.05. The molecule has 0 atom stereocenters. The first-order chi connectivity index (χ1) is 11.3. The number of halogens is 4. The zero-order valence-electron chi connectivity index (χ0n) is 11.9. The van der Waals surface area contributed by atoms with Crippen molar-refractivity contribution in [2.45, 2.75) is 6.18 Å². The number of alkyl halides is 3. The van der Waals surface area contributed by atoms with E-state index >= 15 is 0 Å². The van der Waals surface area contributed by atoms with Gasteiger partial charge in [-0.05, 0) is 18.2 Å². The molecule has 2 heterocycles. The van der Waals surface area contributed by atoms with Crippen LogP contribution in [0.5, 0.6) is 0 Å². The van der Waals surface area contributed by atoms with Gasteiger partial charge in [0.2, 0.25) is 0 Å². The molecule has 3 rings (SSSR count). The van der Waals surface area contributed by atoms with Crippen LogP contribution in [0, 0.1) is 0 Å². The Morgan fingerprint density at radius 2 is 1.71 bits per heavy atom. The van der Waals surface area contributed by atoms with Crippen molar-refractivity contribution in [2.75, 3.05) is 0 Å². The monoisotopic (exact) mass is 351 g/mol. The molecule has 0 radical (unpaired) electrons. The van der Waals surface area contributed by atoms with Gasteiger partial charge < -0.3 is 4.98 Å². The first-order valence-electron chi connectivity index (χ1n) is 6.73. The Morgan fingerprint density at radius 3 is 2.33 bits per heavy atom. The lowest BCUT2D eigenvalue weighted by Gasteiger charge is -2.08. The van der Waals surface area contributed by atoms with Gasteiger partial charge in [-0.15, -0.1) is 0 Å². The van der Waals surface area contributed by atoms with Crippen molar-refractivity contribution in [3.63, 3.8) is 0 Å². The molecule has 0 bridgehead atoms. The van der Waals surface area contributed by atoms with Crippen LogP contribution in [0.15, 0.2) is 53.6 Å². The van der Waals surface area contributed by atoms with Gasteiger partial charge in [-0.2, -0.15) is 13.2 Å². The lowest BCUT2D eigenvalue weighted by atomic mass is 10.1. The van der Waals surface area contributed by atoms with Crippen molar-refractivity contribution in [2.24, 2.45) is 0 Å². The van der Waals surface area contributed by atoms with Gasteiger partial charge in [0.15, 0.2) is 0 Å². The minimum atomic E-state index is -4.42. The number of nitrogens with zero attached hydrogens (tertiary/aromatic N) is 2. The molecule has 0 aliphatic rings. The van der Waals surface area contributed by atoms with Crippen LogP contribution in [0.25, 0.3) is 22.6 Å². The summed E-state index contributed by atoms with van der Waals surface area (Å²) in [6.07, 6.45) is -1.51. The lowest BCUT2D eigenvalue weighted by Crippen LogP contribution is -2.09. The van der Waals surface area contributed by atoms with E-state index in [-0.39, 0.29) is 11.5 Å². The van der Waals surface area contributed by atoms with Gasteiger partial charge in [0, 0.05) is 29.6 Å². The van der Waals surface area contributed by atoms with Crippen molar-refractivity contribution >= 4 is 11.6 Å². The molecule has 0 aliphatic heterocycles. The number of hydrogen-bond donors (Lipinski definition) is 1. The summed E-state index contributed by atoms with van der Waals surface area (Å²) in [5, 5.41) is 0.370. The highest BCUT2D eigenvalue weighted by Crippen LogP contribution is 2.30. The topological polar surface area (TPSA) is 58.6 Å². The molecule has 0 aliphatic carbocycles. The summed E-state index contributed by atoms with van der Waals surface area (Å²) in [5.41, 5.74) is -0.0635. The van der Waals surface area contributed by atoms with Crippen molar-refractivity contribution < 1.29 is 13.2 Å². The quantitative estimate of drug-likeness (QED) is 0.753. The van der Waals surface area contributed by atoms with Crippen LogP contribution in [-0.2, 0) is 6.18 Å². The predicted octanol–water partition coefficient (Wildman–Crippen LogP) is 4.17. The molecular formula is C16H9ClF3N3O. The Kier molecular flexibility index (Phi) is 4.11. The average Bonchev–Trinajstić information content (AvgIpc) is 2.53. The molecule has 0 saturated heterocycles. The van der Waals surface area contributed by atoms with E-state index in [0.717, 1.165) is 12.1 Å². The molecule has 3 aromatic rings. The maximum Gasteiger partial charge on any atom is 0.416 e.